The Labute approximate surface area is 97.9 Å². The second-order valence-corrected chi connectivity index (χ2v) is 3.59. The van der Waals surface area contributed by atoms with Gasteiger partial charge in [0.25, 0.3) is 0 Å². The lowest BCUT2D eigenvalue weighted by Crippen LogP contribution is -2.31. The topological polar surface area (TPSA) is 49.8 Å². The lowest BCUT2D eigenvalue weighted by molar-refractivity contribution is -0.138. The number of rotatable bonds is 9. The summed E-state index contributed by atoms with van der Waals surface area (Å²) in [5.41, 5.74) is 0. The van der Waals surface area contributed by atoms with E-state index in [9.17, 15) is 4.79 Å². The summed E-state index contributed by atoms with van der Waals surface area (Å²) in [6, 6.07) is 0. The van der Waals surface area contributed by atoms with Crippen LogP contribution in [0.2, 0.25) is 0 Å². The van der Waals surface area contributed by atoms with E-state index in [4.69, 9.17) is 9.84 Å². The normalized spacial score (nSPS) is 11.2. The van der Waals surface area contributed by atoms with Gasteiger partial charge in [0, 0.05) is 19.2 Å². The molecule has 16 heavy (non-hydrogen) atoms. The van der Waals surface area contributed by atoms with Crippen LogP contribution >= 0.6 is 0 Å². The first kappa shape index (κ1) is 15.1. The number of hydrogen-bond acceptors (Lipinski definition) is 4. The van der Waals surface area contributed by atoms with Crippen LogP contribution in [-0.2, 0) is 9.53 Å². The molecule has 0 saturated carbocycles. The van der Waals surface area contributed by atoms with Gasteiger partial charge in [-0.1, -0.05) is 19.4 Å². The Hall–Kier alpha value is -0.870. The standard InChI is InChI=1S/C12H23NO3/c1-3-5-7-13(8-10-14)9-11-16-12(15)6-4-2/h4,6,14H,3,5,7-11H2,1-2H3/b6-4+. The Kier molecular flexibility index (Phi) is 10.1. The van der Waals surface area contributed by atoms with Crippen LogP contribution < -0.4 is 0 Å². The molecule has 0 aromatic heterocycles. The van der Waals surface area contributed by atoms with Crippen LogP contribution in [0.25, 0.3) is 0 Å². The van der Waals surface area contributed by atoms with Crippen LogP contribution in [0, 0.1) is 0 Å². The fourth-order valence-electron chi connectivity index (χ4n) is 1.32. The lowest BCUT2D eigenvalue weighted by atomic mass is 10.3. The Morgan fingerprint density at radius 3 is 2.69 bits per heavy atom. The van der Waals surface area contributed by atoms with Gasteiger partial charge < -0.3 is 9.84 Å². The molecule has 0 heterocycles. The molecule has 0 aliphatic rings. The van der Waals surface area contributed by atoms with Crippen LogP contribution in [0.15, 0.2) is 12.2 Å². The monoisotopic (exact) mass is 229 g/mol. The zero-order valence-corrected chi connectivity index (χ0v) is 10.3. The molecule has 0 bridgehead atoms. The van der Waals surface area contributed by atoms with Gasteiger partial charge in [-0.25, -0.2) is 4.79 Å². The second-order valence-electron chi connectivity index (χ2n) is 3.59. The molecule has 1 N–H and O–H groups in total. The molecule has 0 atom stereocenters. The van der Waals surface area contributed by atoms with Crippen molar-refractivity contribution in [3.63, 3.8) is 0 Å². The first-order chi connectivity index (χ1) is 7.74. The average Bonchev–Trinajstić information content (AvgIpc) is 2.26. The third-order valence-electron chi connectivity index (χ3n) is 2.20. The van der Waals surface area contributed by atoms with Crippen molar-refractivity contribution in [2.75, 3.05) is 32.8 Å². The number of esters is 1. The Balaban J connectivity index is 3.69. The molecule has 4 heteroatoms. The fourth-order valence-corrected chi connectivity index (χ4v) is 1.32. The summed E-state index contributed by atoms with van der Waals surface area (Å²) in [4.78, 5) is 13.1. The molecule has 0 rings (SSSR count). The quantitative estimate of drug-likeness (QED) is 0.477. The first-order valence-corrected chi connectivity index (χ1v) is 5.87. The van der Waals surface area contributed by atoms with E-state index in [1.165, 1.54) is 6.08 Å². The summed E-state index contributed by atoms with van der Waals surface area (Å²) in [5.74, 6) is -0.304. The van der Waals surface area contributed by atoms with Crippen molar-refractivity contribution in [3.8, 4) is 0 Å². The smallest absolute Gasteiger partial charge is 0.330 e. The number of nitrogens with zero attached hydrogens (tertiary/aromatic N) is 1. The van der Waals surface area contributed by atoms with Crippen LogP contribution in [0.3, 0.4) is 0 Å². The fraction of sp³-hybridized carbons (Fsp3) is 0.750. The van der Waals surface area contributed by atoms with E-state index in [1.807, 2.05) is 0 Å². The third-order valence-corrected chi connectivity index (χ3v) is 2.20. The van der Waals surface area contributed by atoms with Gasteiger partial charge in [-0.05, 0) is 19.9 Å². The maximum Gasteiger partial charge on any atom is 0.330 e. The van der Waals surface area contributed by atoms with Crippen molar-refractivity contribution in [3.05, 3.63) is 12.2 Å². The molecule has 0 aromatic carbocycles. The second kappa shape index (κ2) is 10.6. The van der Waals surface area contributed by atoms with E-state index in [2.05, 4.69) is 11.8 Å². The van der Waals surface area contributed by atoms with Crippen molar-refractivity contribution < 1.29 is 14.6 Å². The van der Waals surface area contributed by atoms with Crippen molar-refractivity contribution in [2.45, 2.75) is 26.7 Å². The van der Waals surface area contributed by atoms with Crippen molar-refractivity contribution >= 4 is 5.97 Å². The van der Waals surface area contributed by atoms with Crippen LogP contribution in [-0.4, -0.2) is 48.8 Å². The summed E-state index contributed by atoms with van der Waals surface area (Å²) >= 11 is 0. The number of hydrogen-bond donors (Lipinski definition) is 1. The highest BCUT2D eigenvalue weighted by Crippen LogP contribution is 1.95. The maximum absolute atomic E-state index is 11.0. The van der Waals surface area contributed by atoms with E-state index in [-0.39, 0.29) is 12.6 Å². The number of ether oxygens (including phenoxy) is 1. The Morgan fingerprint density at radius 2 is 2.12 bits per heavy atom. The summed E-state index contributed by atoms with van der Waals surface area (Å²) in [5, 5.41) is 8.87. The van der Waals surface area contributed by atoms with Gasteiger partial charge in [0.2, 0.25) is 0 Å². The van der Waals surface area contributed by atoms with Gasteiger partial charge in [0.15, 0.2) is 0 Å². The molecular weight excluding hydrogens is 206 g/mol. The van der Waals surface area contributed by atoms with E-state index >= 15 is 0 Å². The van der Waals surface area contributed by atoms with Crippen molar-refractivity contribution in [2.24, 2.45) is 0 Å². The molecule has 0 aromatic rings. The van der Waals surface area contributed by atoms with Crippen LogP contribution in [0.4, 0.5) is 0 Å². The molecular formula is C12H23NO3. The zero-order valence-electron chi connectivity index (χ0n) is 10.3. The summed E-state index contributed by atoms with van der Waals surface area (Å²) in [6.07, 6.45) is 5.29. The van der Waals surface area contributed by atoms with E-state index in [1.54, 1.807) is 13.0 Å². The van der Waals surface area contributed by atoms with E-state index in [0.29, 0.717) is 19.7 Å². The van der Waals surface area contributed by atoms with Gasteiger partial charge in [0.05, 0.1) is 6.61 Å². The van der Waals surface area contributed by atoms with E-state index in [0.717, 1.165) is 19.4 Å². The molecule has 0 aliphatic heterocycles. The minimum absolute atomic E-state index is 0.145. The largest absolute Gasteiger partial charge is 0.461 e. The number of aliphatic hydroxyl groups excluding tert-OH is 1. The molecule has 4 nitrogen and oxygen atoms in total. The Morgan fingerprint density at radius 1 is 1.38 bits per heavy atom. The molecule has 0 radical (unpaired) electrons. The van der Waals surface area contributed by atoms with Crippen molar-refractivity contribution in [1.29, 1.82) is 0 Å². The minimum atomic E-state index is -0.304. The highest BCUT2D eigenvalue weighted by molar-refractivity contribution is 5.81. The third kappa shape index (κ3) is 8.44. The van der Waals surface area contributed by atoms with Gasteiger partial charge in [0.1, 0.15) is 6.61 Å². The SMILES string of the molecule is C/C=C/C(=O)OCCN(CCO)CCCC. The molecule has 0 saturated heterocycles. The number of unbranched alkanes of at least 4 members (excludes halogenated alkanes) is 1. The predicted molar refractivity (Wildman–Crippen MR) is 64.2 cm³/mol. The molecule has 0 spiro atoms. The van der Waals surface area contributed by atoms with Crippen LogP contribution in [0.1, 0.15) is 26.7 Å². The van der Waals surface area contributed by atoms with Gasteiger partial charge >= 0.3 is 5.97 Å². The van der Waals surface area contributed by atoms with Gasteiger partial charge in [-0.3, -0.25) is 4.90 Å². The predicted octanol–water partition coefficient (Wildman–Crippen LogP) is 1.20. The van der Waals surface area contributed by atoms with Gasteiger partial charge in [-0.15, -0.1) is 0 Å². The van der Waals surface area contributed by atoms with E-state index < -0.39 is 0 Å². The molecule has 94 valence electrons. The first-order valence-electron chi connectivity index (χ1n) is 5.87. The van der Waals surface area contributed by atoms with Crippen molar-refractivity contribution in [1.82, 2.24) is 4.90 Å². The summed E-state index contributed by atoms with van der Waals surface area (Å²) in [6.45, 7) is 6.70. The summed E-state index contributed by atoms with van der Waals surface area (Å²) in [7, 11) is 0. The minimum Gasteiger partial charge on any atom is -0.461 e. The number of carbonyl (C=O) groups is 1. The lowest BCUT2D eigenvalue weighted by Gasteiger charge is -2.20. The zero-order chi connectivity index (χ0) is 12.2. The molecule has 0 unspecified atom stereocenters. The molecule has 0 amide bonds. The van der Waals surface area contributed by atoms with Crippen LogP contribution in [0.5, 0.6) is 0 Å². The molecule has 0 aliphatic carbocycles. The molecule has 0 fully saturated rings. The number of carbonyl (C=O) groups excluding carboxylic acids is 1. The highest BCUT2D eigenvalue weighted by Gasteiger charge is 2.04. The number of allylic oxidation sites excluding steroid dienone is 1. The maximum atomic E-state index is 11.0. The number of aliphatic hydroxyl groups is 1. The summed E-state index contributed by atoms with van der Waals surface area (Å²) < 4.78 is 4.99. The highest BCUT2D eigenvalue weighted by atomic mass is 16.5. The van der Waals surface area contributed by atoms with Gasteiger partial charge in [-0.2, -0.15) is 0 Å². The average molecular weight is 229 g/mol. The Bertz CT molecular complexity index is 204.